The fourth-order valence-corrected chi connectivity index (χ4v) is 3.93. The molecule has 2 aliphatic rings. The van der Waals surface area contributed by atoms with Gasteiger partial charge in [0.15, 0.2) is 0 Å². The molecule has 2 rings (SSSR count). The van der Waals surface area contributed by atoms with E-state index in [0.717, 1.165) is 24.8 Å². The Balaban J connectivity index is 1.88. The van der Waals surface area contributed by atoms with Crippen molar-refractivity contribution < 1.29 is 4.79 Å². The summed E-state index contributed by atoms with van der Waals surface area (Å²) in [5.74, 6) is 2.43. The summed E-state index contributed by atoms with van der Waals surface area (Å²) in [7, 11) is 0. The third kappa shape index (κ3) is 3.55. The van der Waals surface area contributed by atoms with Crippen molar-refractivity contribution in [3.63, 3.8) is 0 Å². The van der Waals surface area contributed by atoms with Crippen LogP contribution in [0.2, 0.25) is 0 Å². The highest BCUT2D eigenvalue weighted by Gasteiger charge is 2.39. The molecule has 1 saturated carbocycles. The van der Waals surface area contributed by atoms with Gasteiger partial charge in [-0.1, -0.05) is 47.0 Å². The summed E-state index contributed by atoms with van der Waals surface area (Å²) in [6, 6.07) is 0.0326. The predicted octanol–water partition coefficient (Wildman–Crippen LogP) is 3.40. The van der Waals surface area contributed by atoms with Crippen LogP contribution in [0.15, 0.2) is 0 Å². The summed E-state index contributed by atoms with van der Waals surface area (Å²) in [5, 5.41) is 3.51. The van der Waals surface area contributed by atoms with Crippen LogP contribution < -0.4 is 5.32 Å². The minimum Gasteiger partial charge on any atom is -0.326 e. The van der Waals surface area contributed by atoms with Crippen LogP contribution in [0.5, 0.6) is 0 Å². The van der Waals surface area contributed by atoms with Crippen LogP contribution in [0.25, 0.3) is 0 Å². The lowest BCUT2D eigenvalue weighted by Crippen LogP contribution is -2.38. The molecule has 0 aromatic carbocycles. The highest BCUT2D eigenvalue weighted by atomic mass is 16.2. The second kappa shape index (κ2) is 6.93. The first-order valence-corrected chi connectivity index (χ1v) is 8.59. The van der Waals surface area contributed by atoms with Crippen LogP contribution in [0, 0.1) is 17.8 Å². The van der Waals surface area contributed by atoms with Gasteiger partial charge >= 0.3 is 0 Å². The molecule has 2 fully saturated rings. The summed E-state index contributed by atoms with van der Waals surface area (Å²) >= 11 is 0. The van der Waals surface area contributed by atoms with Crippen LogP contribution in [0.3, 0.4) is 0 Å². The molecule has 1 heterocycles. The Morgan fingerprint density at radius 2 is 2.10 bits per heavy atom. The Hall–Kier alpha value is -0.570. The van der Waals surface area contributed by atoms with Crippen molar-refractivity contribution in [2.75, 3.05) is 6.54 Å². The number of carbonyl (C=O) groups excluding carboxylic acids is 1. The van der Waals surface area contributed by atoms with E-state index in [9.17, 15) is 4.79 Å². The van der Waals surface area contributed by atoms with Gasteiger partial charge in [0.1, 0.15) is 0 Å². The first kappa shape index (κ1) is 15.8. The third-order valence-corrected chi connectivity index (χ3v) is 5.17. The molecule has 1 saturated heterocycles. The Kier molecular flexibility index (Phi) is 5.48. The largest absolute Gasteiger partial charge is 0.326 e. The highest BCUT2D eigenvalue weighted by Crippen LogP contribution is 2.31. The van der Waals surface area contributed by atoms with Crippen LogP contribution in [0.1, 0.15) is 66.2 Å². The molecule has 0 bridgehead atoms. The zero-order valence-corrected chi connectivity index (χ0v) is 13.7. The maximum atomic E-state index is 12.5. The highest BCUT2D eigenvalue weighted by molar-refractivity contribution is 5.84. The second-order valence-electron chi connectivity index (χ2n) is 7.27. The van der Waals surface area contributed by atoms with Crippen molar-refractivity contribution in [3.05, 3.63) is 0 Å². The molecule has 4 unspecified atom stereocenters. The monoisotopic (exact) mass is 280 g/mol. The number of nitrogens with one attached hydrogen (secondary N) is 1. The van der Waals surface area contributed by atoms with Gasteiger partial charge in [-0.15, -0.1) is 0 Å². The number of amides is 1. The van der Waals surface area contributed by atoms with E-state index in [1.54, 1.807) is 0 Å². The lowest BCUT2D eigenvalue weighted by molar-refractivity contribution is -0.131. The molecule has 1 N–H and O–H groups in total. The summed E-state index contributed by atoms with van der Waals surface area (Å²) < 4.78 is 0. The van der Waals surface area contributed by atoms with E-state index in [1.807, 2.05) is 0 Å². The molecule has 0 aromatic heterocycles. The molecule has 1 aliphatic carbocycles. The average Bonchev–Trinajstić information content (AvgIpc) is 2.73. The fourth-order valence-electron chi connectivity index (χ4n) is 3.93. The zero-order valence-electron chi connectivity index (χ0n) is 13.7. The molecular weight excluding hydrogens is 248 g/mol. The van der Waals surface area contributed by atoms with Gasteiger partial charge in [0.25, 0.3) is 0 Å². The van der Waals surface area contributed by atoms with Crippen LogP contribution in [-0.2, 0) is 4.79 Å². The van der Waals surface area contributed by atoms with Gasteiger partial charge in [0, 0.05) is 6.54 Å². The molecular formula is C17H32N2O. The molecule has 3 nitrogen and oxygen atoms in total. The molecule has 4 atom stereocenters. The van der Waals surface area contributed by atoms with Crippen molar-refractivity contribution in [3.8, 4) is 0 Å². The van der Waals surface area contributed by atoms with E-state index in [2.05, 4.69) is 37.9 Å². The van der Waals surface area contributed by atoms with Crippen LogP contribution in [-0.4, -0.2) is 29.6 Å². The Bertz CT molecular complexity index is 329. The molecule has 0 radical (unpaired) electrons. The number of rotatable bonds is 5. The summed E-state index contributed by atoms with van der Waals surface area (Å²) in [6.07, 6.45) is 7.97. The molecule has 1 amide bonds. The minimum atomic E-state index is 0.0326. The molecule has 3 heteroatoms. The maximum Gasteiger partial charge on any atom is 0.241 e. The Morgan fingerprint density at radius 1 is 1.35 bits per heavy atom. The molecule has 0 aromatic rings. The number of nitrogens with zero attached hydrogens (tertiary/aromatic N) is 1. The van der Waals surface area contributed by atoms with Gasteiger partial charge in [0.05, 0.1) is 12.2 Å². The number of hydrogen-bond acceptors (Lipinski definition) is 2. The first-order chi connectivity index (χ1) is 9.52. The van der Waals surface area contributed by atoms with E-state index >= 15 is 0 Å². The van der Waals surface area contributed by atoms with E-state index in [1.165, 1.54) is 32.1 Å². The standard InChI is InChI=1S/C17H32N2O/c1-5-15-18-16(12(2)3)17(20)19(15)10-9-14-8-6-7-13(4)11-14/h12-16,18H,5-11H2,1-4H3. The van der Waals surface area contributed by atoms with Gasteiger partial charge in [-0.3, -0.25) is 10.1 Å². The third-order valence-electron chi connectivity index (χ3n) is 5.17. The topological polar surface area (TPSA) is 32.3 Å². The van der Waals surface area contributed by atoms with Crippen LogP contribution >= 0.6 is 0 Å². The lowest BCUT2D eigenvalue weighted by atomic mass is 9.81. The zero-order chi connectivity index (χ0) is 14.7. The van der Waals surface area contributed by atoms with Crippen molar-refractivity contribution in [2.45, 2.75) is 78.4 Å². The van der Waals surface area contributed by atoms with Gasteiger partial charge < -0.3 is 4.90 Å². The van der Waals surface area contributed by atoms with E-state index < -0.39 is 0 Å². The van der Waals surface area contributed by atoms with E-state index in [4.69, 9.17) is 0 Å². The lowest BCUT2D eigenvalue weighted by Gasteiger charge is -2.30. The summed E-state index contributed by atoms with van der Waals surface area (Å²) in [5.41, 5.74) is 0. The summed E-state index contributed by atoms with van der Waals surface area (Å²) in [4.78, 5) is 14.6. The Labute approximate surface area is 124 Å². The maximum absolute atomic E-state index is 12.5. The normalized spacial score (nSPS) is 35.0. The van der Waals surface area contributed by atoms with E-state index in [-0.39, 0.29) is 12.2 Å². The van der Waals surface area contributed by atoms with E-state index in [0.29, 0.717) is 11.8 Å². The van der Waals surface area contributed by atoms with Crippen molar-refractivity contribution in [1.29, 1.82) is 0 Å². The fraction of sp³-hybridized carbons (Fsp3) is 0.941. The predicted molar refractivity (Wildman–Crippen MR) is 83.3 cm³/mol. The van der Waals surface area contributed by atoms with Gasteiger partial charge in [-0.2, -0.15) is 0 Å². The SMILES string of the molecule is CCC1NC(C(C)C)C(=O)N1CCC1CCCC(C)C1. The van der Waals surface area contributed by atoms with Gasteiger partial charge in [0.2, 0.25) is 5.91 Å². The van der Waals surface area contributed by atoms with Crippen molar-refractivity contribution >= 4 is 5.91 Å². The number of carbonyl (C=O) groups is 1. The number of hydrogen-bond donors (Lipinski definition) is 1. The Morgan fingerprint density at radius 3 is 2.70 bits per heavy atom. The molecule has 1 aliphatic heterocycles. The minimum absolute atomic E-state index is 0.0326. The van der Waals surface area contributed by atoms with Crippen molar-refractivity contribution in [1.82, 2.24) is 10.2 Å². The second-order valence-corrected chi connectivity index (χ2v) is 7.27. The summed E-state index contributed by atoms with van der Waals surface area (Å²) in [6.45, 7) is 9.76. The quantitative estimate of drug-likeness (QED) is 0.837. The van der Waals surface area contributed by atoms with Gasteiger partial charge in [-0.25, -0.2) is 0 Å². The molecule has 20 heavy (non-hydrogen) atoms. The van der Waals surface area contributed by atoms with Gasteiger partial charge in [-0.05, 0) is 37.0 Å². The van der Waals surface area contributed by atoms with Crippen molar-refractivity contribution in [2.24, 2.45) is 17.8 Å². The first-order valence-electron chi connectivity index (χ1n) is 8.59. The molecule has 0 spiro atoms. The average molecular weight is 280 g/mol. The molecule has 116 valence electrons. The van der Waals surface area contributed by atoms with Crippen LogP contribution in [0.4, 0.5) is 0 Å². The smallest absolute Gasteiger partial charge is 0.241 e.